The zero-order valence-electron chi connectivity index (χ0n) is 18.3. The Morgan fingerprint density at radius 1 is 1.10 bits per heavy atom. The van der Waals surface area contributed by atoms with Crippen LogP contribution in [0.3, 0.4) is 0 Å². The summed E-state index contributed by atoms with van der Waals surface area (Å²) >= 11 is 0. The molecule has 1 atom stereocenters. The van der Waals surface area contributed by atoms with Crippen molar-refractivity contribution in [2.24, 2.45) is 0 Å². The average Bonchev–Trinajstić information content (AvgIpc) is 2.99. The minimum Gasteiger partial charge on any atom is -0.396 e. The summed E-state index contributed by atoms with van der Waals surface area (Å²) in [4.78, 5) is 23.8. The van der Waals surface area contributed by atoms with Crippen molar-refractivity contribution in [3.05, 3.63) is 70.3 Å². The number of amides is 1. The minimum atomic E-state index is -0.179. The fraction of sp³-hybridized carbons (Fsp3) is 0.391. The molecule has 0 aliphatic carbocycles. The molecular weight excluding hydrogens is 378 g/mol. The Bertz CT molecular complexity index is 1010. The van der Waals surface area contributed by atoms with E-state index in [2.05, 4.69) is 15.1 Å². The summed E-state index contributed by atoms with van der Waals surface area (Å²) in [5.41, 5.74) is 5.28. The number of aliphatic hydroxyl groups excluding tert-OH is 1. The number of likely N-dealkylation sites (N-methyl/N-ethyl adjacent to an activating group) is 1. The Kier molecular flexibility index (Phi) is 6.62. The van der Waals surface area contributed by atoms with Gasteiger partial charge in [0.1, 0.15) is 0 Å². The normalized spacial score (nSPS) is 12.1. The smallest absolute Gasteiger partial charge is 0.251 e. The van der Waals surface area contributed by atoms with Crippen LogP contribution >= 0.6 is 0 Å². The van der Waals surface area contributed by atoms with Gasteiger partial charge in [-0.3, -0.25) is 4.79 Å². The van der Waals surface area contributed by atoms with Crippen LogP contribution in [0.15, 0.2) is 36.4 Å². The second-order valence-corrected chi connectivity index (χ2v) is 7.63. The first-order valence-corrected chi connectivity index (χ1v) is 10.1. The maximum absolute atomic E-state index is 13.1. The van der Waals surface area contributed by atoms with E-state index in [1.165, 1.54) is 0 Å². The number of benzene rings is 1. The number of aryl methyl sites for hydroxylation is 3. The van der Waals surface area contributed by atoms with E-state index in [9.17, 15) is 9.90 Å². The van der Waals surface area contributed by atoms with E-state index in [1.54, 1.807) is 16.6 Å². The van der Waals surface area contributed by atoms with Crippen molar-refractivity contribution >= 4 is 5.91 Å². The summed E-state index contributed by atoms with van der Waals surface area (Å²) in [6.07, 6.45) is 0.716. The van der Waals surface area contributed by atoms with E-state index in [0.717, 1.165) is 33.9 Å². The van der Waals surface area contributed by atoms with Gasteiger partial charge in [0.25, 0.3) is 5.95 Å². The van der Waals surface area contributed by atoms with Crippen LogP contribution < -0.4 is 0 Å². The Hall–Kier alpha value is -3.06. The molecule has 7 nitrogen and oxygen atoms in total. The second kappa shape index (κ2) is 9.17. The van der Waals surface area contributed by atoms with Crippen molar-refractivity contribution < 1.29 is 9.90 Å². The first-order valence-electron chi connectivity index (χ1n) is 10.1. The highest BCUT2D eigenvalue weighted by atomic mass is 16.3. The van der Waals surface area contributed by atoms with E-state index in [4.69, 9.17) is 0 Å². The monoisotopic (exact) mass is 407 g/mol. The van der Waals surface area contributed by atoms with Crippen LogP contribution in [0.1, 0.15) is 46.4 Å². The number of carbonyl (C=O) groups is 1. The predicted octanol–water partition coefficient (Wildman–Crippen LogP) is 3.02. The van der Waals surface area contributed by atoms with E-state index in [0.29, 0.717) is 12.4 Å². The van der Waals surface area contributed by atoms with E-state index >= 15 is 0 Å². The standard InChI is InChI=1S/C23H29N5O2/c1-15-13-16(2)25-23(24-15)28-18(4)20(17(3)26-28)14-22(30)27(5)21(11-12-29)19-9-7-6-8-10-19/h6-10,13,21,29H,11-12,14H2,1-5H3/t21-/m0/s1. The van der Waals surface area contributed by atoms with Crippen molar-refractivity contribution in [2.45, 2.75) is 46.6 Å². The highest BCUT2D eigenvalue weighted by Crippen LogP contribution is 2.25. The number of aliphatic hydroxyl groups is 1. The zero-order chi connectivity index (χ0) is 21.8. The van der Waals surface area contributed by atoms with E-state index in [-0.39, 0.29) is 25.0 Å². The molecule has 0 unspecified atom stereocenters. The maximum Gasteiger partial charge on any atom is 0.251 e. The molecule has 158 valence electrons. The van der Waals surface area contributed by atoms with Crippen molar-refractivity contribution in [2.75, 3.05) is 13.7 Å². The predicted molar refractivity (Wildman–Crippen MR) is 115 cm³/mol. The van der Waals surface area contributed by atoms with Crippen LogP contribution in [0.25, 0.3) is 5.95 Å². The van der Waals surface area contributed by atoms with Gasteiger partial charge in [-0.25, -0.2) is 14.6 Å². The largest absolute Gasteiger partial charge is 0.396 e. The first-order chi connectivity index (χ1) is 14.3. The van der Waals surface area contributed by atoms with E-state index < -0.39 is 0 Å². The van der Waals surface area contributed by atoms with E-state index in [1.807, 2.05) is 64.1 Å². The molecule has 0 saturated carbocycles. The summed E-state index contributed by atoms with van der Waals surface area (Å²) in [5.74, 6) is 0.493. The molecule has 3 aromatic rings. The Labute approximate surface area is 177 Å². The number of aromatic nitrogens is 4. The molecule has 1 aromatic carbocycles. The molecule has 0 spiro atoms. The first kappa shape index (κ1) is 21.6. The van der Waals surface area contributed by atoms with Crippen molar-refractivity contribution in [3.63, 3.8) is 0 Å². The number of hydrogen-bond donors (Lipinski definition) is 1. The van der Waals surface area contributed by atoms with Gasteiger partial charge in [-0.15, -0.1) is 0 Å². The lowest BCUT2D eigenvalue weighted by Gasteiger charge is -2.28. The van der Waals surface area contributed by atoms with Crippen LogP contribution in [0, 0.1) is 27.7 Å². The van der Waals surface area contributed by atoms with Gasteiger partial charge in [-0.1, -0.05) is 30.3 Å². The fourth-order valence-corrected chi connectivity index (χ4v) is 3.76. The molecular formula is C23H29N5O2. The second-order valence-electron chi connectivity index (χ2n) is 7.63. The third kappa shape index (κ3) is 4.57. The minimum absolute atomic E-state index is 0.0111. The lowest BCUT2D eigenvalue weighted by atomic mass is 10.0. The molecule has 1 amide bonds. The molecule has 7 heteroatoms. The summed E-state index contributed by atoms with van der Waals surface area (Å²) < 4.78 is 1.71. The molecule has 1 N–H and O–H groups in total. The number of hydrogen-bond acceptors (Lipinski definition) is 5. The van der Waals surface area contributed by atoms with Gasteiger partial charge in [0.2, 0.25) is 5.91 Å². The van der Waals surface area contributed by atoms with Crippen molar-refractivity contribution in [1.82, 2.24) is 24.6 Å². The molecule has 2 heterocycles. The maximum atomic E-state index is 13.1. The molecule has 0 bridgehead atoms. The van der Waals surface area contributed by atoms with Crippen LogP contribution in [0.5, 0.6) is 0 Å². The molecule has 0 fully saturated rings. The van der Waals surface area contributed by atoms with Gasteiger partial charge in [-0.2, -0.15) is 5.10 Å². The van der Waals surface area contributed by atoms with Crippen LogP contribution in [0.2, 0.25) is 0 Å². The summed E-state index contributed by atoms with van der Waals surface area (Å²) in [5, 5.41) is 14.1. The van der Waals surface area contributed by atoms with Crippen molar-refractivity contribution in [3.8, 4) is 5.95 Å². The van der Waals surface area contributed by atoms with Crippen LogP contribution in [-0.2, 0) is 11.2 Å². The van der Waals surface area contributed by atoms with Gasteiger partial charge in [0.05, 0.1) is 18.2 Å². The summed E-state index contributed by atoms with van der Waals surface area (Å²) in [6.45, 7) is 7.70. The molecule has 3 rings (SSSR count). The fourth-order valence-electron chi connectivity index (χ4n) is 3.76. The topological polar surface area (TPSA) is 84.1 Å². The number of rotatable bonds is 7. The lowest BCUT2D eigenvalue weighted by molar-refractivity contribution is -0.131. The van der Waals surface area contributed by atoms with Gasteiger partial charge in [0, 0.05) is 36.3 Å². The van der Waals surface area contributed by atoms with Crippen LogP contribution in [-0.4, -0.2) is 49.3 Å². The Balaban J connectivity index is 1.86. The SMILES string of the molecule is Cc1cc(C)nc(-n2nc(C)c(CC(=O)N(C)[C@@H](CCO)c3ccccc3)c2C)n1. The molecule has 2 aromatic heterocycles. The van der Waals surface area contributed by atoms with Gasteiger partial charge in [0.15, 0.2) is 0 Å². The third-order valence-electron chi connectivity index (χ3n) is 5.38. The van der Waals surface area contributed by atoms with Gasteiger partial charge in [-0.05, 0) is 45.7 Å². The molecule has 0 saturated heterocycles. The molecule has 0 aliphatic rings. The third-order valence-corrected chi connectivity index (χ3v) is 5.38. The Morgan fingerprint density at radius 3 is 2.33 bits per heavy atom. The van der Waals surface area contributed by atoms with Gasteiger partial charge < -0.3 is 10.0 Å². The summed E-state index contributed by atoms with van der Waals surface area (Å²) in [6, 6.07) is 11.5. The zero-order valence-corrected chi connectivity index (χ0v) is 18.3. The highest BCUT2D eigenvalue weighted by Gasteiger charge is 2.24. The highest BCUT2D eigenvalue weighted by molar-refractivity contribution is 5.79. The van der Waals surface area contributed by atoms with Crippen LogP contribution in [0.4, 0.5) is 0 Å². The Morgan fingerprint density at radius 2 is 1.73 bits per heavy atom. The number of nitrogens with zero attached hydrogens (tertiary/aromatic N) is 5. The molecule has 0 radical (unpaired) electrons. The molecule has 0 aliphatic heterocycles. The lowest BCUT2D eigenvalue weighted by Crippen LogP contribution is -2.33. The quantitative estimate of drug-likeness (QED) is 0.651. The molecule has 30 heavy (non-hydrogen) atoms. The summed E-state index contributed by atoms with van der Waals surface area (Å²) in [7, 11) is 1.79. The van der Waals surface area contributed by atoms with Crippen molar-refractivity contribution in [1.29, 1.82) is 0 Å². The number of carbonyl (C=O) groups excluding carboxylic acids is 1. The van der Waals surface area contributed by atoms with Gasteiger partial charge >= 0.3 is 0 Å². The average molecular weight is 408 g/mol.